The largest absolute Gasteiger partial charge is 0.619 e. The molecule has 0 saturated heterocycles. The van der Waals surface area contributed by atoms with Gasteiger partial charge in [0.05, 0.1) is 12.2 Å². The predicted octanol–water partition coefficient (Wildman–Crippen LogP) is 2.59. The first-order valence-corrected chi connectivity index (χ1v) is 8.55. The van der Waals surface area contributed by atoms with E-state index >= 15 is 0 Å². The van der Waals surface area contributed by atoms with Gasteiger partial charge < -0.3 is 10.5 Å². The van der Waals surface area contributed by atoms with Crippen LogP contribution in [0.25, 0.3) is 5.69 Å². The topological polar surface area (TPSA) is 73.9 Å². The van der Waals surface area contributed by atoms with Crippen LogP contribution in [0.3, 0.4) is 0 Å². The average molecular weight is 370 g/mol. The number of aromatic nitrogens is 3. The molecule has 0 aliphatic heterocycles. The lowest BCUT2D eigenvalue weighted by atomic mass is 9.92. The number of hydrogen-bond acceptors (Lipinski definition) is 3. The zero-order valence-corrected chi connectivity index (χ0v) is 14.2. The van der Waals surface area contributed by atoms with E-state index in [0.29, 0.717) is 17.6 Å². The summed E-state index contributed by atoms with van der Waals surface area (Å²) in [6, 6.07) is 6.12. The maximum absolute atomic E-state index is 14.1. The highest BCUT2D eigenvalue weighted by atomic mass is 19.1. The van der Waals surface area contributed by atoms with Crippen molar-refractivity contribution in [2.75, 3.05) is 0 Å². The standard InChI is InChI=1S/C19H16F2N4O2/c20-13-6-7-18(15(21)9-13)25-17-5-1-4-16(14(17)10-22-25)23-19(26)12-3-2-8-24(27)11-12/h2-3,6-11,16H,1,4-5H2,(H,23,26). The van der Waals surface area contributed by atoms with Crippen LogP contribution in [0.15, 0.2) is 48.9 Å². The Morgan fingerprint density at radius 1 is 1.33 bits per heavy atom. The van der Waals surface area contributed by atoms with Gasteiger partial charge in [0.1, 0.15) is 17.1 Å². The Kier molecular flexibility index (Phi) is 4.31. The lowest BCUT2D eigenvalue weighted by Gasteiger charge is -2.24. The minimum Gasteiger partial charge on any atom is -0.619 e. The number of carbonyl (C=O) groups is 1. The number of benzene rings is 1. The first-order chi connectivity index (χ1) is 13.0. The van der Waals surface area contributed by atoms with E-state index in [1.807, 2.05) is 0 Å². The smallest absolute Gasteiger partial charge is 0.257 e. The van der Waals surface area contributed by atoms with Gasteiger partial charge in [-0.1, -0.05) is 0 Å². The van der Waals surface area contributed by atoms with Gasteiger partial charge in [0.15, 0.2) is 18.2 Å². The van der Waals surface area contributed by atoms with Crippen molar-refractivity contribution in [1.29, 1.82) is 0 Å². The second-order valence-electron chi connectivity index (χ2n) is 6.42. The Hall–Kier alpha value is -3.29. The van der Waals surface area contributed by atoms with Crippen LogP contribution in [0, 0.1) is 16.8 Å². The van der Waals surface area contributed by atoms with Crippen molar-refractivity contribution in [3.05, 3.63) is 82.6 Å². The Morgan fingerprint density at radius 3 is 2.96 bits per heavy atom. The normalized spacial score (nSPS) is 16.0. The van der Waals surface area contributed by atoms with Crippen LogP contribution < -0.4 is 10.0 Å². The molecule has 0 bridgehead atoms. The molecule has 2 heterocycles. The molecule has 3 aromatic rings. The number of hydrogen-bond donors (Lipinski definition) is 1. The van der Waals surface area contributed by atoms with Crippen molar-refractivity contribution in [2.45, 2.75) is 25.3 Å². The summed E-state index contributed by atoms with van der Waals surface area (Å²) < 4.78 is 29.4. The van der Waals surface area contributed by atoms with E-state index in [1.54, 1.807) is 12.3 Å². The molecule has 1 aliphatic carbocycles. The lowest BCUT2D eigenvalue weighted by molar-refractivity contribution is -0.605. The Balaban J connectivity index is 1.63. The highest BCUT2D eigenvalue weighted by Gasteiger charge is 2.27. The summed E-state index contributed by atoms with van der Waals surface area (Å²) in [4.78, 5) is 12.5. The van der Waals surface area contributed by atoms with Crippen molar-refractivity contribution in [3.8, 4) is 5.69 Å². The fraction of sp³-hybridized carbons (Fsp3) is 0.211. The van der Waals surface area contributed by atoms with Gasteiger partial charge >= 0.3 is 0 Å². The van der Waals surface area contributed by atoms with E-state index in [-0.39, 0.29) is 23.2 Å². The van der Waals surface area contributed by atoms with Gasteiger partial charge in [-0.3, -0.25) is 4.79 Å². The molecule has 0 spiro atoms. The third kappa shape index (κ3) is 3.25. The van der Waals surface area contributed by atoms with Crippen LogP contribution in [-0.2, 0) is 6.42 Å². The number of halogens is 2. The fourth-order valence-electron chi connectivity index (χ4n) is 3.40. The van der Waals surface area contributed by atoms with E-state index in [9.17, 15) is 18.8 Å². The summed E-state index contributed by atoms with van der Waals surface area (Å²) in [5.74, 6) is -1.71. The maximum Gasteiger partial charge on any atom is 0.257 e. The molecule has 8 heteroatoms. The van der Waals surface area contributed by atoms with Gasteiger partial charge in [-0.2, -0.15) is 9.83 Å². The molecular formula is C19H16F2N4O2. The van der Waals surface area contributed by atoms with E-state index in [0.717, 1.165) is 23.7 Å². The van der Waals surface area contributed by atoms with Crippen molar-refractivity contribution in [1.82, 2.24) is 15.1 Å². The van der Waals surface area contributed by atoms with Crippen LogP contribution in [-0.4, -0.2) is 15.7 Å². The number of amides is 1. The molecule has 1 N–H and O–H groups in total. The minimum absolute atomic E-state index is 0.167. The Bertz CT molecular complexity index is 1020. The maximum atomic E-state index is 14.1. The first kappa shape index (κ1) is 17.1. The molecule has 0 radical (unpaired) electrons. The van der Waals surface area contributed by atoms with Crippen LogP contribution in [0.5, 0.6) is 0 Å². The van der Waals surface area contributed by atoms with Gasteiger partial charge in [-0.05, 0) is 37.5 Å². The molecule has 6 nitrogen and oxygen atoms in total. The fourth-order valence-corrected chi connectivity index (χ4v) is 3.40. The second-order valence-corrected chi connectivity index (χ2v) is 6.42. The summed E-state index contributed by atoms with van der Waals surface area (Å²) in [5, 5.41) is 18.5. The third-order valence-electron chi connectivity index (χ3n) is 4.66. The predicted molar refractivity (Wildman–Crippen MR) is 92.0 cm³/mol. The van der Waals surface area contributed by atoms with E-state index in [1.165, 1.54) is 35.3 Å². The Labute approximate surface area is 153 Å². The zero-order chi connectivity index (χ0) is 19.0. The van der Waals surface area contributed by atoms with Crippen molar-refractivity contribution in [2.24, 2.45) is 0 Å². The van der Waals surface area contributed by atoms with Gasteiger partial charge in [0.25, 0.3) is 5.91 Å². The lowest BCUT2D eigenvalue weighted by Crippen LogP contribution is -2.33. The highest BCUT2D eigenvalue weighted by molar-refractivity contribution is 5.93. The second kappa shape index (κ2) is 6.79. The molecule has 1 unspecified atom stereocenters. The molecule has 138 valence electrons. The summed E-state index contributed by atoms with van der Waals surface area (Å²) in [6.07, 6.45) is 6.27. The molecule has 27 heavy (non-hydrogen) atoms. The Morgan fingerprint density at radius 2 is 2.19 bits per heavy atom. The zero-order valence-electron chi connectivity index (χ0n) is 14.2. The van der Waals surface area contributed by atoms with Gasteiger partial charge in [0.2, 0.25) is 0 Å². The number of nitrogens with one attached hydrogen (secondary N) is 1. The summed E-state index contributed by atoms with van der Waals surface area (Å²) >= 11 is 0. The monoisotopic (exact) mass is 370 g/mol. The van der Waals surface area contributed by atoms with Crippen LogP contribution in [0.4, 0.5) is 8.78 Å². The molecule has 1 aromatic carbocycles. The number of fused-ring (bicyclic) bond motifs is 1. The van der Waals surface area contributed by atoms with Crippen molar-refractivity contribution in [3.63, 3.8) is 0 Å². The minimum atomic E-state index is -0.698. The molecular weight excluding hydrogens is 354 g/mol. The SMILES string of the molecule is O=C(NC1CCCc2c1cnn2-c1ccc(F)cc1F)c1ccc[n+]([O-])c1. The van der Waals surface area contributed by atoms with E-state index in [4.69, 9.17) is 0 Å². The number of rotatable bonds is 3. The van der Waals surface area contributed by atoms with E-state index in [2.05, 4.69) is 10.4 Å². The van der Waals surface area contributed by atoms with E-state index < -0.39 is 11.6 Å². The molecule has 0 saturated carbocycles. The summed E-state index contributed by atoms with van der Waals surface area (Å²) in [6.45, 7) is 0. The van der Waals surface area contributed by atoms with Gasteiger partial charge in [0, 0.05) is 23.4 Å². The summed E-state index contributed by atoms with van der Waals surface area (Å²) in [5.41, 5.74) is 2.00. The van der Waals surface area contributed by atoms with Crippen LogP contribution in [0.1, 0.15) is 40.5 Å². The summed E-state index contributed by atoms with van der Waals surface area (Å²) in [7, 11) is 0. The molecule has 0 fully saturated rings. The van der Waals surface area contributed by atoms with Crippen molar-refractivity contribution < 1.29 is 18.3 Å². The molecule has 2 aromatic heterocycles. The van der Waals surface area contributed by atoms with Gasteiger partial charge in [-0.25, -0.2) is 13.5 Å². The quantitative estimate of drug-likeness (QED) is 0.569. The number of carbonyl (C=O) groups excluding carboxylic acids is 1. The van der Waals surface area contributed by atoms with Gasteiger partial charge in [-0.15, -0.1) is 0 Å². The average Bonchev–Trinajstić information content (AvgIpc) is 3.07. The molecule has 1 atom stereocenters. The van der Waals surface area contributed by atoms with Crippen LogP contribution in [0.2, 0.25) is 0 Å². The van der Waals surface area contributed by atoms with Crippen LogP contribution >= 0.6 is 0 Å². The van der Waals surface area contributed by atoms with Crippen molar-refractivity contribution >= 4 is 5.91 Å². The molecule has 4 rings (SSSR count). The third-order valence-corrected chi connectivity index (χ3v) is 4.66. The molecule has 1 aliphatic rings. The number of pyridine rings is 1. The number of nitrogens with zero attached hydrogens (tertiary/aromatic N) is 3. The molecule has 1 amide bonds. The highest BCUT2D eigenvalue weighted by Crippen LogP contribution is 2.31. The first-order valence-electron chi connectivity index (χ1n) is 8.55.